The van der Waals surface area contributed by atoms with Gasteiger partial charge in [0.1, 0.15) is 0 Å². The van der Waals surface area contributed by atoms with Crippen LogP contribution in [0.25, 0.3) is 0 Å². The Morgan fingerprint density at radius 2 is 2.06 bits per heavy atom. The van der Waals surface area contributed by atoms with Crippen molar-refractivity contribution in [3.63, 3.8) is 0 Å². The van der Waals surface area contributed by atoms with Gasteiger partial charge >= 0.3 is 0 Å². The number of unbranched alkanes of at least 4 members (excludes halogenated alkanes) is 2. The maximum Gasteiger partial charge on any atom is 0.0655 e. The second kappa shape index (κ2) is 6.58. The van der Waals surface area contributed by atoms with Gasteiger partial charge in [-0.1, -0.05) is 13.8 Å². The fraction of sp³-hybridized carbons (Fsp3) is 1.00. The van der Waals surface area contributed by atoms with Crippen LogP contribution >= 0.6 is 0 Å². The van der Waals surface area contributed by atoms with Crippen LogP contribution in [0.2, 0.25) is 0 Å². The average Bonchev–Trinajstić information content (AvgIpc) is 2.26. The van der Waals surface area contributed by atoms with Crippen LogP contribution in [0, 0.1) is 5.41 Å². The first-order valence-electron chi connectivity index (χ1n) is 6.58. The molecule has 1 saturated carbocycles. The summed E-state index contributed by atoms with van der Waals surface area (Å²) in [6.07, 6.45) is 4.77. The summed E-state index contributed by atoms with van der Waals surface area (Å²) in [5.41, 5.74) is 0.271. The van der Waals surface area contributed by atoms with Crippen molar-refractivity contribution >= 4 is 0 Å². The summed E-state index contributed by atoms with van der Waals surface area (Å²) >= 11 is 0. The third-order valence-corrected chi connectivity index (χ3v) is 3.77. The molecule has 3 heteroatoms. The molecule has 3 nitrogen and oxygen atoms in total. The molecule has 1 aliphatic carbocycles. The van der Waals surface area contributed by atoms with Crippen LogP contribution in [0.1, 0.15) is 46.5 Å². The molecule has 0 amide bonds. The Morgan fingerprint density at radius 3 is 2.62 bits per heavy atom. The molecule has 0 aliphatic heterocycles. The molecule has 0 bridgehead atoms. The highest BCUT2D eigenvalue weighted by Gasteiger charge is 2.48. The molecular weight excluding hydrogens is 202 g/mol. The first kappa shape index (κ1) is 13.9. The summed E-state index contributed by atoms with van der Waals surface area (Å²) in [6.45, 7) is 8.82. The van der Waals surface area contributed by atoms with E-state index in [2.05, 4.69) is 26.1 Å². The minimum absolute atomic E-state index is 0.271. The Kier molecular flexibility index (Phi) is 5.73. The van der Waals surface area contributed by atoms with Gasteiger partial charge in [0, 0.05) is 24.7 Å². The fourth-order valence-electron chi connectivity index (χ4n) is 2.41. The van der Waals surface area contributed by atoms with E-state index in [1.54, 1.807) is 0 Å². The number of aliphatic hydroxyl groups is 1. The van der Waals surface area contributed by atoms with Gasteiger partial charge in [-0.3, -0.25) is 0 Å². The number of nitrogens with one attached hydrogen (secondary N) is 1. The largest absolute Gasteiger partial charge is 0.396 e. The Morgan fingerprint density at radius 1 is 1.31 bits per heavy atom. The van der Waals surface area contributed by atoms with E-state index in [1.807, 2.05) is 0 Å². The molecule has 0 aromatic carbocycles. The topological polar surface area (TPSA) is 41.5 Å². The van der Waals surface area contributed by atoms with Crippen LogP contribution in [-0.2, 0) is 4.74 Å². The van der Waals surface area contributed by atoms with Gasteiger partial charge in [0.05, 0.1) is 6.10 Å². The molecule has 1 fully saturated rings. The van der Waals surface area contributed by atoms with E-state index < -0.39 is 0 Å². The second-order valence-corrected chi connectivity index (χ2v) is 5.29. The van der Waals surface area contributed by atoms with Gasteiger partial charge in [0.25, 0.3) is 0 Å². The molecule has 2 unspecified atom stereocenters. The Hall–Kier alpha value is -0.120. The highest BCUT2D eigenvalue weighted by Crippen LogP contribution is 2.42. The van der Waals surface area contributed by atoms with E-state index in [4.69, 9.17) is 9.84 Å². The van der Waals surface area contributed by atoms with Crippen LogP contribution in [0.5, 0.6) is 0 Å². The van der Waals surface area contributed by atoms with Crippen molar-refractivity contribution in [3.05, 3.63) is 0 Å². The molecule has 16 heavy (non-hydrogen) atoms. The molecule has 0 spiro atoms. The summed E-state index contributed by atoms with van der Waals surface area (Å²) < 4.78 is 5.70. The van der Waals surface area contributed by atoms with Crippen molar-refractivity contribution in [1.82, 2.24) is 5.32 Å². The first-order chi connectivity index (χ1) is 7.62. The highest BCUT2D eigenvalue weighted by atomic mass is 16.5. The minimum atomic E-state index is 0.271. The van der Waals surface area contributed by atoms with Crippen LogP contribution < -0.4 is 5.32 Å². The molecule has 0 saturated heterocycles. The van der Waals surface area contributed by atoms with Crippen molar-refractivity contribution in [3.8, 4) is 0 Å². The molecule has 0 aromatic rings. The molecule has 2 N–H and O–H groups in total. The van der Waals surface area contributed by atoms with Crippen molar-refractivity contribution in [1.29, 1.82) is 0 Å². The average molecular weight is 229 g/mol. The van der Waals surface area contributed by atoms with Crippen LogP contribution in [0.3, 0.4) is 0 Å². The summed E-state index contributed by atoms with van der Waals surface area (Å²) in [7, 11) is 0. The Bertz CT molecular complexity index is 194. The van der Waals surface area contributed by atoms with Gasteiger partial charge in [0.2, 0.25) is 0 Å². The SMILES string of the molecule is CCOC1CC(NCCCCCO)C1(C)C. The van der Waals surface area contributed by atoms with Crippen LogP contribution in [-0.4, -0.2) is 37.0 Å². The fourth-order valence-corrected chi connectivity index (χ4v) is 2.41. The normalized spacial score (nSPS) is 27.8. The Labute approximate surface area is 99.6 Å². The van der Waals surface area contributed by atoms with E-state index in [0.717, 1.165) is 38.8 Å². The monoisotopic (exact) mass is 229 g/mol. The molecule has 0 radical (unpaired) electrons. The summed E-state index contributed by atoms with van der Waals surface area (Å²) in [6, 6.07) is 0.596. The summed E-state index contributed by atoms with van der Waals surface area (Å²) in [4.78, 5) is 0. The zero-order valence-corrected chi connectivity index (χ0v) is 11.0. The van der Waals surface area contributed by atoms with E-state index in [1.165, 1.54) is 0 Å². The number of aliphatic hydroxyl groups excluding tert-OH is 1. The lowest BCUT2D eigenvalue weighted by Gasteiger charge is -2.52. The van der Waals surface area contributed by atoms with E-state index in [-0.39, 0.29) is 5.41 Å². The lowest BCUT2D eigenvalue weighted by Crippen LogP contribution is -2.61. The molecule has 0 aromatic heterocycles. The maximum atomic E-state index is 8.67. The zero-order valence-electron chi connectivity index (χ0n) is 11.0. The molecule has 2 atom stereocenters. The zero-order chi connectivity index (χ0) is 12.0. The Balaban J connectivity index is 2.11. The van der Waals surface area contributed by atoms with Crippen LogP contribution in [0.4, 0.5) is 0 Å². The van der Waals surface area contributed by atoms with Gasteiger partial charge in [-0.2, -0.15) is 0 Å². The van der Waals surface area contributed by atoms with Gasteiger partial charge in [-0.25, -0.2) is 0 Å². The second-order valence-electron chi connectivity index (χ2n) is 5.29. The van der Waals surface area contributed by atoms with Crippen molar-refractivity contribution < 1.29 is 9.84 Å². The maximum absolute atomic E-state index is 8.67. The predicted octanol–water partition coefficient (Wildman–Crippen LogP) is 1.94. The molecule has 1 rings (SSSR count). The molecule has 1 aliphatic rings. The van der Waals surface area contributed by atoms with Crippen molar-refractivity contribution in [2.24, 2.45) is 5.41 Å². The quantitative estimate of drug-likeness (QED) is 0.625. The summed E-state index contributed by atoms with van der Waals surface area (Å²) in [5, 5.41) is 12.3. The van der Waals surface area contributed by atoms with Crippen molar-refractivity contribution in [2.45, 2.75) is 58.6 Å². The lowest BCUT2D eigenvalue weighted by atomic mass is 9.64. The third kappa shape index (κ3) is 3.44. The van der Waals surface area contributed by atoms with Gasteiger partial charge in [-0.15, -0.1) is 0 Å². The third-order valence-electron chi connectivity index (χ3n) is 3.77. The number of hydrogen-bond donors (Lipinski definition) is 2. The van der Waals surface area contributed by atoms with Gasteiger partial charge < -0.3 is 15.2 Å². The van der Waals surface area contributed by atoms with E-state index in [9.17, 15) is 0 Å². The van der Waals surface area contributed by atoms with Crippen molar-refractivity contribution in [2.75, 3.05) is 19.8 Å². The van der Waals surface area contributed by atoms with Crippen LogP contribution in [0.15, 0.2) is 0 Å². The smallest absolute Gasteiger partial charge is 0.0655 e. The molecular formula is C13H27NO2. The number of hydrogen-bond acceptors (Lipinski definition) is 3. The highest BCUT2D eigenvalue weighted by molar-refractivity contribution is 5.02. The molecule has 0 heterocycles. The van der Waals surface area contributed by atoms with E-state index in [0.29, 0.717) is 18.8 Å². The number of rotatable bonds is 8. The summed E-state index contributed by atoms with van der Waals surface area (Å²) in [5.74, 6) is 0. The van der Waals surface area contributed by atoms with E-state index >= 15 is 0 Å². The number of ether oxygens (including phenoxy) is 1. The first-order valence-corrected chi connectivity index (χ1v) is 6.58. The molecule has 96 valence electrons. The predicted molar refractivity (Wildman–Crippen MR) is 66.5 cm³/mol. The van der Waals surface area contributed by atoms with Gasteiger partial charge in [0.15, 0.2) is 0 Å². The van der Waals surface area contributed by atoms with Gasteiger partial charge in [-0.05, 0) is 39.2 Å². The minimum Gasteiger partial charge on any atom is -0.396 e. The lowest BCUT2D eigenvalue weighted by molar-refractivity contribution is -0.113. The standard InChI is InChI=1S/C13H27NO2/c1-4-16-12-10-11(13(12,2)3)14-8-6-5-7-9-15/h11-12,14-15H,4-10H2,1-3H3.